The van der Waals surface area contributed by atoms with Gasteiger partial charge >= 0.3 is 0 Å². The number of nitrogens with zero attached hydrogens (tertiary/aromatic N) is 6. The lowest BCUT2D eigenvalue weighted by atomic mass is 9.78. The van der Waals surface area contributed by atoms with Gasteiger partial charge < -0.3 is 24.5 Å². The highest BCUT2D eigenvalue weighted by atomic mass is 127. The van der Waals surface area contributed by atoms with E-state index in [0.717, 1.165) is 58.3 Å². The van der Waals surface area contributed by atoms with Crippen LogP contribution >= 0.6 is 22.6 Å². The van der Waals surface area contributed by atoms with Gasteiger partial charge in [0.1, 0.15) is 17.8 Å². The third kappa shape index (κ3) is 10.5. The molecule has 2 aliphatic heterocycles. The van der Waals surface area contributed by atoms with Crippen molar-refractivity contribution in [3.05, 3.63) is 88.0 Å². The molecule has 2 aromatic carbocycles. The molecule has 0 aliphatic carbocycles. The molecular formula is C48H61IN8O3Si. The minimum absolute atomic E-state index is 0.0578. The summed E-state index contributed by atoms with van der Waals surface area (Å²) in [6.45, 7) is 24.2. The second-order valence-corrected chi connectivity index (χ2v) is 27.0. The number of rotatable bonds is 10. The second kappa shape index (κ2) is 17.8. The monoisotopic (exact) mass is 952 g/mol. The Labute approximate surface area is 375 Å². The largest absolute Gasteiger partial charge is 0.371 e. The highest BCUT2D eigenvalue weighted by Gasteiger charge is 2.39. The predicted octanol–water partition coefficient (Wildman–Crippen LogP) is 10.7. The van der Waals surface area contributed by atoms with Crippen molar-refractivity contribution in [3.8, 4) is 22.5 Å². The van der Waals surface area contributed by atoms with E-state index >= 15 is 0 Å². The van der Waals surface area contributed by atoms with Gasteiger partial charge in [0.2, 0.25) is 0 Å². The molecule has 0 amide bonds. The van der Waals surface area contributed by atoms with Crippen LogP contribution in [0.5, 0.6) is 0 Å². The molecule has 0 unspecified atom stereocenters. The van der Waals surface area contributed by atoms with Crippen molar-refractivity contribution in [2.45, 2.75) is 93.2 Å². The molecular weight excluding hydrogens is 892 g/mol. The predicted molar refractivity (Wildman–Crippen MR) is 258 cm³/mol. The zero-order valence-electron chi connectivity index (χ0n) is 37.3. The van der Waals surface area contributed by atoms with Gasteiger partial charge in [-0.05, 0) is 90.7 Å². The van der Waals surface area contributed by atoms with E-state index in [2.05, 4.69) is 97.7 Å². The molecule has 2 N–H and O–H groups in total. The Balaban J connectivity index is 0.000000184. The molecule has 2 aliphatic rings. The quantitative estimate of drug-likeness (QED) is 0.0596. The van der Waals surface area contributed by atoms with Crippen molar-refractivity contribution in [1.82, 2.24) is 34.8 Å². The van der Waals surface area contributed by atoms with E-state index in [1.165, 1.54) is 24.9 Å². The zero-order valence-corrected chi connectivity index (χ0v) is 40.4. The first-order chi connectivity index (χ1) is 28.8. The van der Waals surface area contributed by atoms with E-state index in [1.54, 1.807) is 18.6 Å². The van der Waals surface area contributed by atoms with Crippen LogP contribution in [-0.4, -0.2) is 81.9 Å². The van der Waals surface area contributed by atoms with Crippen molar-refractivity contribution in [3.63, 3.8) is 0 Å². The Kier molecular flexibility index (Phi) is 13.1. The summed E-state index contributed by atoms with van der Waals surface area (Å²) in [5, 5.41) is 3.49. The summed E-state index contributed by atoms with van der Waals surface area (Å²) in [5.74, 6) is 0.130. The van der Waals surface area contributed by atoms with Gasteiger partial charge in [-0.25, -0.2) is 19.9 Å². The first kappa shape index (κ1) is 44.7. The van der Waals surface area contributed by atoms with Crippen LogP contribution in [0.4, 0.5) is 5.69 Å². The van der Waals surface area contributed by atoms with E-state index < -0.39 is 18.9 Å². The fraction of sp³-hybridized carbons (Fsp3) is 0.458. The van der Waals surface area contributed by atoms with E-state index in [-0.39, 0.29) is 11.6 Å². The number of benzene rings is 2. The minimum atomic E-state index is -1.15. The number of aromatic nitrogens is 6. The average Bonchev–Trinajstić information content (AvgIpc) is 3.93. The third-order valence-corrected chi connectivity index (χ3v) is 14.1. The van der Waals surface area contributed by atoms with Gasteiger partial charge in [-0.1, -0.05) is 85.4 Å². The van der Waals surface area contributed by atoms with Crippen LogP contribution in [0.15, 0.2) is 73.3 Å². The van der Waals surface area contributed by atoms with Crippen molar-refractivity contribution < 1.29 is 14.3 Å². The molecule has 2 fully saturated rings. The van der Waals surface area contributed by atoms with Gasteiger partial charge in [0.25, 0.3) is 0 Å². The number of hydrogen-bond acceptors (Lipinski definition) is 9. The Morgan fingerprint density at radius 1 is 0.836 bits per heavy atom. The number of hydrogen-bond donors (Lipinski definition) is 2. The summed E-state index contributed by atoms with van der Waals surface area (Å²) in [7, 11) is -1.15. The lowest BCUT2D eigenvalue weighted by Crippen LogP contribution is -2.38. The smallest absolute Gasteiger partial charge is 0.171 e. The minimum Gasteiger partial charge on any atom is -0.371 e. The number of H-pyrrole nitrogens is 1. The molecule has 0 bridgehead atoms. The first-order valence-electron chi connectivity index (χ1n) is 21.5. The van der Waals surface area contributed by atoms with Crippen molar-refractivity contribution >= 4 is 70.2 Å². The molecule has 2 saturated heterocycles. The number of ketones is 2. The first-order valence-corrected chi connectivity index (χ1v) is 26.3. The summed E-state index contributed by atoms with van der Waals surface area (Å²) in [6, 6.07) is 17.8. The normalized spacial score (nSPS) is 15.7. The number of piperidine rings is 1. The van der Waals surface area contributed by atoms with Gasteiger partial charge in [-0.2, -0.15) is 0 Å². The summed E-state index contributed by atoms with van der Waals surface area (Å²) < 4.78 is 8.97. The van der Waals surface area contributed by atoms with Crippen molar-refractivity contribution in [2.75, 3.05) is 37.7 Å². The Morgan fingerprint density at radius 2 is 1.48 bits per heavy atom. The number of anilines is 1. The molecule has 6 heterocycles. The fourth-order valence-electron chi connectivity index (χ4n) is 8.04. The number of nitrogens with one attached hydrogen (secondary N) is 2. The average molecular weight is 953 g/mol. The standard InChI is InChI=1S/C25H31N5O.C23H30IN3O2Si/c1-24(2,3)22(31)19-14-27-23-21(19)29-20(15-28-23)17-5-4-6-18(13-17)30-12-9-25(16-30)7-10-26-11-8-25;1-23(2,3)21(28)18-14-27(15-29-10-11-30(4,5)6)22-20(18)26-19(13-25-22)16-8-7-9-17(24)12-16/h4-6,13-15,26H,7-12,16H2,1-3H3,(H,27,28);7-9,12-14H,10-11,15H2,1-6H3. The van der Waals surface area contributed by atoms with E-state index in [1.807, 2.05) is 70.5 Å². The molecule has 8 rings (SSSR count). The number of halogens is 1. The highest BCUT2D eigenvalue weighted by molar-refractivity contribution is 14.1. The highest BCUT2D eigenvalue weighted by Crippen LogP contribution is 2.41. The number of Topliss-reactive ketones (excluding diaryl/α,β-unsaturated/α-hetero) is 2. The van der Waals surface area contributed by atoms with E-state index in [9.17, 15) is 9.59 Å². The van der Waals surface area contributed by atoms with Crippen LogP contribution in [-0.2, 0) is 11.5 Å². The third-order valence-electron chi connectivity index (χ3n) is 11.8. The van der Waals surface area contributed by atoms with Crippen LogP contribution < -0.4 is 10.2 Å². The topological polar surface area (TPSA) is 131 Å². The molecule has 4 aromatic heterocycles. The lowest BCUT2D eigenvalue weighted by Gasteiger charge is -2.34. The van der Waals surface area contributed by atoms with Crippen LogP contribution in [0.25, 0.3) is 44.8 Å². The van der Waals surface area contributed by atoms with Gasteiger partial charge in [0, 0.05) is 71.4 Å². The van der Waals surface area contributed by atoms with Crippen molar-refractivity contribution in [1.29, 1.82) is 0 Å². The fourth-order valence-corrected chi connectivity index (χ4v) is 9.34. The molecule has 6 aromatic rings. The SMILES string of the molecule is CC(C)(C)C(=O)c1c[nH]c2ncc(-c3cccc(N4CCC5(CCNCC5)C4)c3)nc12.CC(C)(C)C(=O)c1cn(COCC[Si](C)(C)C)c2ncc(-c3cccc(I)c3)nc12. The van der Waals surface area contributed by atoms with E-state index in [0.29, 0.717) is 52.2 Å². The Bertz CT molecular complexity index is 2540. The summed E-state index contributed by atoms with van der Waals surface area (Å²) in [5.41, 5.74) is 8.18. The maximum Gasteiger partial charge on any atom is 0.171 e. The second-order valence-electron chi connectivity index (χ2n) is 20.1. The van der Waals surface area contributed by atoms with Crippen LogP contribution in [0.1, 0.15) is 81.5 Å². The summed E-state index contributed by atoms with van der Waals surface area (Å²) >= 11 is 2.29. The lowest BCUT2D eigenvalue weighted by molar-refractivity contribution is 0.0846. The maximum absolute atomic E-state index is 13.1. The number of fused-ring (bicyclic) bond motifs is 2. The van der Waals surface area contributed by atoms with Crippen LogP contribution in [0.3, 0.4) is 0 Å². The molecule has 1 spiro atoms. The number of aromatic amines is 1. The molecule has 0 atom stereocenters. The summed E-state index contributed by atoms with van der Waals surface area (Å²) in [6.07, 6.45) is 11.0. The van der Waals surface area contributed by atoms with Gasteiger partial charge in [-0.15, -0.1) is 0 Å². The van der Waals surface area contributed by atoms with Gasteiger partial charge in [0.15, 0.2) is 22.9 Å². The van der Waals surface area contributed by atoms with Crippen LogP contribution in [0.2, 0.25) is 25.7 Å². The number of carbonyl (C=O) groups excluding carboxylic acids is 2. The van der Waals surface area contributed by atoms with Gasteiger partial charge in [0.05, 0.1) is 34.9 Å². The Morgan fingerprint density at radius 3 is 2.15 bits per heavy atom. The molecule has 61 heavy (non-hydrogen) atoms. The zero-order chi connectivity index (χ0) is 43.7. The Hall–Kier alpha value is -4.31. The number of ether oxygens (including phenoxy) is 1. The molecule has 0 saturated carbocycles. The molecule has 13 heteroatoms. The number of carbonyl (C=O) groups is 2. The van der Waals surface area contributed by atoms with Crippen LogP contribution in [0, 0.1) is 19.8 Å². The summed E-state index contributed by atoms with van der Waals surface area (Å²) in [4.78, 5) is 50.5. The molecule has 11 nitrogen and oxygen atoms in total. The van der Waals surface area contributed by atoms with Crippen molar-refractivity contribution in [2.24, 2.45) is 16.2 Å². The molecule has 322 valence electrons. The maximum atomic E-state index is 13.1. The molecule has 0 radical (unpaired) electrons. The van der Waals surface area contributed by atoms with E-state index in [4.69, 9.17) is 14.7 Å². The van der Waals surface area contributed by atoms with Gasteiger partial charge in [-0.3, -0.25) is 9.59 Å².